The Labute approximate surface area is 121 Å². The molecule has 2 heterocycles. The molecule has 20 heavy (non-hydrogen) atoms. The van der Waals surface area contributed by atoms with E-state index in [0.717, 1.165) is 52.1 Å². The van der Waals surface area contributed by atoms with Crippen LogP contribution in [0.15, 0.2) is 0 Å². The molecule has 0 radical (unpaired) electrons. The summed E-state index contributed by atoms with van der Waals surface area (Å²) in [4.78, 5) is 17.0. The van der Waals surface area contributed by atoms with E-state index in [1.807, 2.05) is 0 Å². The Kier molecular flexibility index (Phi) is 4.58. The number of carbonyl (C=O) groups excluding carboxylic acids is 1. The molecule has 1 unspecified atom stereocenters. The van der Waals surface area contributed by atoms with Crippen molar-refractivity contribution in [3.63, 3.8) is 0 Å². The third-order valence-corrected chi connectivity index (χ3v) is 4.78. The van der Waals surface area contributed by atoms with Crippen molar-refractivity contribution in [1.29, 1.82) is 0 Å². The van der Waals surface area contributed by atoms with Gasteiger partial charge in [-0.2, -0.15) is 0 Å². The van der Waals surface area contributed by atoms with Gasteiger partial charge in [0.1, 0.15) is 0 Å². The van der Waals surface area contributed by atoms with Gasteiger partial charge in [0.2, 0.25) is 5.91 Å². The van der Waals surface area contributed by atoms with Crippen molar-refractivity contribution in [3.8, 4) is 0 Å². The van der Waals surface area contributed by atoms with Gasteiger partial charge in [0, 0.05) is 44.2 Å². The number of likely N-dealkylation sites (tertiary alicyclic amines) is 1. The lowest BCUT2D eigenvalue weighted by atomic mass is 10.1. The second kappa shape index (κ2) is 6.41. The maximum Gasteiger partial charge on any atom is 0.237 e. The summed E-state index contributed by atoms with van der Waals surface area (Å²) >= 11 is 0. The number of nitrogens with zero attached hydrogens (tertiary/aromatic N) is 2. The maximum absolute atomic E-state index is 12.6. The smallest absolute Gasteiger partial charge is 0.237 e. The van der Waals surface area contributed by atoms with E-state index >= 15 is 0 Å². The fourth-order valence-electron chi connectivity index (χ4n) is 3.24. The standard InChI is InChI=1S/C15H27N3O2/c16-13-3-6-17(7-4-13)10-15(19)18(14-1-2-14)9-12-5-8-20-11-12/h12-14H,1-11,16H2. The Morgan fingerprint density at radius 3 is 2.55 bits per heavy atom. The van der Waals surface area contributed by atoms with E-state index in [0.29, 0.717) is 30.5 Å². The summed E-state index contributed by atoms with van der Waals surface area (Å²) < 4.78 is 5.44. The van der Waals surface area contributed by atoms with Gasteiger partial charge in [0.25, 0.3) is 0 Å². The van der Waals surface area contributed by atoms with Gasteiger partial charge in [0.05, 0.1) is 13.2 Å². The van der Waals surface area contributed by atoms with Crippen molar-refractivity contribution in [3.05, 3.63) is 0 Å². The van der Waals surface area contributed by atoms with E-state index in [9.17, 15) is 4.79 Å². The molecule has 0 aromatic heterocycles. The van der Waals surface area contributed by atoms with Gasteiger partial charge in [0.15, 0.2) is 0 Å². The fourth-order valence-corrected chi connectivity index (χ4v) is 3.24. The monoisotopic (exact) mass is 281 g/mol. The van der Waals surface area contributed by atoms with Crippen molar-refractivity contribution in [2.75, 3.05) is 39.4 Å². The van der Waals surface area contributed by atoms with Crippen molar-refractivity contribution in [1.82, 2.24) is 9.80 Å². The van der Waals surface area contributed by atoms with Crippen LogP contribution < -0.4 is 5.73 Å². The Bertz CT molecular complexity index is 332. The lowest BCUT2D eigenvalue weighted by molar-refractivity contribution is -0.134. The fraction of sp³-hybridized carbons (Fsp3) is 0.933. The minimum absolute atomic E-state index is 0.315. The number of amides is 1. The normalized spacial score (nSPS) is 28.8. The van der Waals surface area contributed by atoms with E-state index in [-0.39, 0.29) is 0 Å². The minimum atomic E-state index is 0.315. The van der Waals surface area contributed by atoms with Gasteiger partial charge in [-0.15, -0.1) is 0 Å². The van der Waals surface area contributed by atoms with Gasteiger partial charge in [-0.25, -0.2) is 0 Å². The predicted molar refractivity (Wildman–Crippen MR) is 77.3 cm³/mol. The molecule has 1 saturated carbocycles. The zero-order valence-electron chi connectivity index (χ0n) is 12.3. The van der Waals surface area contributed by atoms with Gasteiger partial charge in [-0.05, 0) is 32.1 Å². The van der Waals surface area contributed by atoms with E-state index in [2.05, 4.69) is 9.80 Å². The molecule has 0 aromatic carbocycles. The lowest BCUT2D eigenvalue weighted by Gasteiger charge is -2.32. The highest BCUT2D eigenvalue weighted by Crippen LogP contribution is 2.29. The average molecular weight is 281 g/mol. The average Bonchev–Trinajstić information content (AvgIpc) is 3.15. The van der Waals surface area contributed by atoms with Crippen molar-refractivity contribution >= 4 is 5.91 Å². The second-order valence-electron chi connectivity index (χ2n) is 6.62. The summed E-state index contributed by atoms with van der Waals surface area (Å²) in [5.41, 5.74) is 5.92. The zero-order valence-corrected chi connectivity index (χ0v) is 12.3. The van der Waals surface area contributed by atoms with E-state index in [1.165, 1.54) is 12.8 Å². The molecule has 3 fully saturated rings. The van der Waals surface area contributed by atoms with E-state index in [1.54, 1.807) is 0 Å². The lowest BCUT2D eigenvalue weighted by Crippen LogP contribution is -2.47. The number of nitrogens with two attached hydrogens (primary N) is 1. The van der Waals surface area contributed by atoms with Crippen molar-refractivity contribution in [2.45, 2.75) is 44.2 Å². The van der Waals surface area contributed by atoms with Crippen LogP contribution >= 0.6 is 0 Å². The molecule has 5 heteroatoms. The molecule has 0 aromatic rings. The molecule has 1 aliphatic carbocycles. The minimum Gasteiger partial charge on any atom is -0.381 e. The summed E-state index contributed by atoms with van der Waals surface area (Å²) in [6.45, 7) is 5.11. The zero-order chi connectivity index (χ0) is 13.9. The molecule has 1 atom stereocenters. The third-order valence-electron chi connectivity index (χ3n) is 4.78. The molecule has 2 saturated heterocycles. The van der Waals surface area contributed by atoms with Crippen LogP contribution in [0.2, 0.25) is 0 Å². The Hall–Kier alpha value is -0.650. The van der Waals surface area contributed by atoms with Crippen molar-refractivity contribution in [2.24, 2.45) is 11.7 Å². The number of rotatable bonds is 5. The number of piperidine rings is 1. The number of hydrogen-bond donors (Lipinski definition) is 1. The SMILES string of the molecule is NC1CCN(CC(=O)N(CC2CCOC2)C2CC2)CC1. The Balaban J connectivity index is 1.50. The molecule has 0 bridgehead atoms. The molecular formula is C15H27N3O2. The molecule has 2 N–H and O–H groups in total. The summed E-state index contributed by atoms with van der Waals surface area (Å²) in [5.74, 6) is 0.865. The molecule has 3 rings (SSSR count). The van der Waals surface area contributed by atoms with Gasteiger partial charge < -0.3 is 15.4 Å². The van der Waals surface area contributed by atoms with Crippen molar-refractivity contribution < 1.29 is 9.53 Å². The van der Waals surface area contributed by atoms with Crippen LogP contribution in [-0.4, -0.2) is 67.2 Å². The molecule has 0 spiro atoms. The first kappa shape index (κ1) is 14.3. The quantitative estimate of drug-likeness (QED) is 0.794. The predicted octanol–water partition coefficient (Wildman–Crippen LogP) is 0.437. The highest BCUT2D eigenvalue weighted by atomic mass is 16.5. The number of hydrogen-bond acceptors (Lipinski definition) is 4. The van der Waals surface area contributed by atoms with Gasteiger partial charge >= 0.3 is 0 Å². The van der Waals surface area contributed by atoms with E-state index in [4.69, 9.17) is 10.5 Å². The van der Waals surface area contributed by atoms with Crippen LogP contribution in [0.25, 0.3) is 0 Å². The third kappa shape index (κ3) is 3.71. The first-order valence-corrected chi connectivity index (χ1v) is 8.07. The number of carbonyl (C=O) groups is 1. The Morgan fingerprint density at radius 2 is 1.95 bits per heavy atom. The topological polar surface area (TPSA) is 58.8 Å². The molecule has 5 nitrogen and oxygen atoms in total. The molecule has 114 valence electrons. The van der Waals surface area contributed by atoms with E-state index < -0.39 is 0 Å². The van der Waals surface area contributed by atoms with Gasteiger partial charge in [-0.1, -0.05) is 0 Å². The van der Waals surface area contributed by atoms with Crippen LogP contribution in [0.5, 0.6) is 0 Å². The Morgan fingerprint density at radius 1 is 1.20 bits per heavy atom. The highest BCUT2D eigenvalue weighted by Gasteiger charge is 2.35. The van der Waals surface area contributed by atoms with Gasteiger partial charge in [-0.3, -0.25) is 9.69 Å². The van der Waals surface area contributed by atoms with Crippen LogP contribution in [0, 0.1) is 5.92 Å². The number of ether oxygens (including phenoxy) is 1. The van der Waals surface area contributed by atoms with Crippen LogP contribution in [-0.2, 0) is 9.53 Å². The molecule has 2 aliphatic heterocycles. The first-order valence-electron chi connectivity index (χ1n) is 8.07. The highest BCUT2D eigenvalue weighted by molar-refractivity contribution is 5.79. The maximum atomic E-state index is 12.6. The summed E-state index contributed by atoms with van der Waals surface area (Å²) in [5, 5.41) is 0. The summed E-state index contributed by atoms with van der Waals surface area (Å²) in [6, 6.07) is 0.840. The second-order valence-corrected chi connectivity index (χ2v) is 6.62. The van der Waals surface area contributed by atoms with Crippen LogP contribution in [0.4, 0.5) is 0 Å². The largest absolute Gasteiger partial charge is 0.381 e. The molecule has 1 amide bonds. The summed E-state index contributed by atoms with van der Waals surface area (Å²) in [7, 11) is 0. The summed E-state index contributed by atoms with van der Waals surface area (Å²) in [6.07, 6.45) is 5.52. The molecular weight excluding hydrogens is 254 g/mol. The van der Waals surface area contributed by atoms with Crippen LogP contribution in [0.1, 0.15) is 32.1 Å². The molecule has 3 aliphatic rings. The van der Waals surface area contributed by atoms with Crippen LogP contribution in [0.3, 0.4) is 0 Å². The first-order chi connectivity index (χ1) is 9.72.